The molecule has 0 aliphatic rings. The second-order valence-electron chi connectivity index (χ2n) is 12.7. The van der Waals surface area contributed by atoms with E-state index in [-0.39, 0.29) is 12.4 Å². The fourth-order valence-corrected chi connectivity index (χ4v) is 6.17. The topological polar surface area (TPSA) is 74.8 Å². The third-order valence-corrected chi connectivity index (χ3v) is 8.95. The largest absolute Gasteiger partial charge is 0.487 e. The molecule has 6 aromatic carbocycles. The standard InChI is InChI=1S/C46H35N5O2/c1-33-17-19-34(20-18-33)21-30-43(52)35-22-26-40(27-23-35)50-31-39(48-49-50)32-53-42-28-24-38(25-29-42)46-47-44(36-11-5-2-6-12-36)45(37-13-7-3-8-14-37)51(46)41-15-9-4-10-16-41/h2-31H,32H2,1H3. The molecule has 7 heteroatoms. The summed E-state index contributed by atoms with van der Waals surface area (Å²) in [6.07, 6.45) is 5.25. The second-order valence-corrected chi connectivity index (χ2v) is 12.7. The molecule has 0 saturated carbocycles. The summed E-state index contributed by atoms with van der Waals surface area (Å²) >= 11 is 0. The minimum Gasteiger partial charge on any atom is -0.487 e. The SMILES string of the molecule is Cc1ccc(C=CC(=O)c2ccc(-n3cc(COc4ccc(-c5nc(-c6ccccc6)c(-c6ccccc6)n5-c5ccccc5)cc4)nn3)cc2)cc1. The van der Waals surface area contributed by atoms with E-state index in [9.17, 15) is 4.79 Å². The minimum absolute atomic E-state index is 0.0619. The molecule has 0 amide bonds. The van der Waals surface area contributed by atoms with Crippen LogP contribution in [0.3, 0.4) is 0 Å². The molecular weight excluding hydrogens is 655 g/mol. The number of ketones is 1. The van der Waals surface area contributed by atoms with Gasteiger partial charge in [0, 0.05) is 27.9 Å². The molecule has 0 spiro atoms. The van der Waals surface area contributed by atoms with E-state index >= 15 is 0 Å². The summed E-state index contributed by atoms with van der Waals surface area (Å²) in [5, 5.41) is 8.60. The van der Waals surface area contributed by atoms with Crippen LogP contribution in [0.5, 0.6) is 5.75 Å². The fourth-order valence-electron chi connectivity index (χ4n) is 6.17. The van der Waals surface area contributed by atoms with Crippen LogP contribution in [-0.2, 0) is 6.61 Å². The maximum Gasteiger partial charge on any atom is 0.185 e. The first kappa shape index (κ1) is 33.0. The number of nitrogens with zero attached hydrogens (tertiary/aromatic N) is 5. The summed E-state index contributed by atoms with van der Waals surface area (Å²) in [4.78, 5) is 18.0. The van der Waals surface area contributed by atoms with Crippen molar-refractivity contribution in [2.24, 2.45) is 0 Å². The third kappa shape index (κ3) is 7.36. The van der Waals surface area contributed by atoms with Gasteiger partial charge in [0.2, 0.25) is 0 Å². The lowest BCUT2D eigenvalue weighted by molar-refractivity contribution is 0.104. The first-order valence-electron chi connectivity index (χ1n) is 17.4. The first-order chi connectivity index (χ1) is 26.1. The molecule has 0 saturated heterocycles. The number of ether oxygens (including phenoxy) is 1. The van der Waals surface area contributed by atoms with E-state index in [0.717, 1.165) is 50.8 Å². The smallest absolute Gasteiger partial charge is 0.185 e. The Labute approximate surface area is 308 Å². The monoisotopic (exact) mass is 689 g/mol. The normalized spacial score (nSPS) is 11.2. The van der Waals surface area contributed by atoms with Gasteiger partial charge in [-0.2, -0.15) is 0 Å². The van der Waals surface area contributed by atoms with E-state index in [2.05, 4.69) is 63.4 Å². The highest BCUT2D eigenvalue weighted by molar-refractivity contribution is 6.06. The molecule has 0 aliphatic heterocycles. The summed E-state index contributed by atoms with van der Waals surface area (Å²) < 4.78 is 10.0. The molecular formula is C46H35N5O2. The van der Waals surface area contributed by atoms with Crippen LogP contribution in [0.1, 0.15) is 27.2 Å². The average Bonchev–Trinajstić information content (AvgIpc) is 3.87. The minimum atomic E-state index is -0.0619. The van der Waals surface area contributed by atoms with Gasteiger partial charge in [0.05, 0.1) is 23.3 Å². The van der Waals surface area contributed by atoms with Gasteiger partial charge >= 0.3 is 0 Å². The highest BCUT2D eigenvalue weighted by Crippen LogP contribution is 2.38. The number of allylic oxidation sites excluding steroid dienone is 1. The van der Waals surface area contributed by atoms with Crippen molar-refractivity contribution in [3.63, 3.8) is 0 Å². The number of carbonyl (C=O) groups excluding carboxylic acids is 1. The molecule has 8 rings (SSSR count). The molecule has 7 nitrogen and oxygen atoms in total. The van der Waals surface area contributed by atoms with Crippen molar-refractivity contribution in [1.29, 1.82) is 0 Å². The van der Waals surface area contributed by atoms with Crippen molar-refractivity contribution in [3.8, 4) is 51.0 Å². The predicted octanol–water partition coefficient (Wildman–Crippen LogP) is 10.2. The fraction of sp³-hybridized carbons (Fsp3) is 0.0435. The van der Waals surface area contributed by atoms with E-state index in [1.165, 1.54) is 5.56 Å². The summed E-state index contributed by atoms with van der Waals surface area (Å²) in [7, 11) is 0. The van der Waals surface area contributed by atoms with Crippen molar-refractivity contribution in [3.05, 3.63) is 198 Å². The summed E-state index contributed by atoms with van der Waals surface area (Å²) in [5.74, 6) is 1.47. The van der Waals surface area contributed by atoms with Crippen LogP contribution < -0.4 is 4.74 Å². The lowest BCUT2D eigenvalue weighted by Gasteiger charge is -2.14. The molecule has 2 heterocycles. The van der Waals surface area contributed by atoms with Gasteiger partial charge in [-0.05, 0) is 79.2 Å². The Bertz CT molecular complexity index is 2490. The van der Waals surface area contributed by atoms with Gasteiger partial charge in [0.25, 0.3) is 0 Å². The molecule has 2 aromatic heterocycles. The molecule has 53 heavy (non-hydrogen) atoms. The Balaban J connectivity index is 0.995. The highest BCUT2D eigenvalue weighted by atomic mass is 16.5. The van der Waals surface area contributed by atoms with Crippen LogP contribution >= 0.6 is 0 Å². The Kier molecular flexibility index (Phi) is 9.36. The quantitative estimate of drug-likeness (QED) is 0.0998. The van der Waals surface area contributed by atoms with Gasteiger partial charge in [-0.15, -0.1) is 5.10 Å². The average molecular weight is 690 g/mol. The first-order valence-corrected chi connectivity index (χ1v) is 17.4. The van der Waals surface area contributed by atoms with Gasteiger partial charge in [-0.3, -0.25) is 9.36 Å². The zero-order valence-electron chi connectivity index (χ0n) is 29.1. The number of rotatable bonds is 11. The Hall–Kier alpha value is -7.12. The predicted molar refractivity (Wildman–Crippen MR) is 210 cm³/mol. The Morgan fingerprint density at radius 2 is 1.30 bits per heavy atom. The number of carbonyl (C=O) groups is 1. The lowest BCUT2D eigenvalue weighted by atomic mass is 10.0. The highest BCUT2D eigenvalue weighted by Gasteiger charge is 2.22. The summed E-state index contributed by atoms with van der Waals surface area (Å²) in [6, 6.07) is 54.4. The maximum absolute atomic E-state index is 12.7. The van der Waals surface area contributed by atoms with Crippen molar-refractivity contribution in [1.82, 2.24) is 24.5 Å². The van der Waals surface area contributed by atoms with Crippen LogP contribution in [0.2, 0.25) is 0 Å². The molecule has 8 aromatic rings. The van der Waals surface area contributed by atoms with E-state index in [0.29, 0.717) is 17.0 Å². The number of benzene rings is 6. The van der Waals surface area contributed by atoms with Crippen LogP contribution in [0, 0.1) is 6.92 Å². The van der Waals surface area contributed by atoms with E-state index in [1.807, 2.05) is 122 Å². The van der Waals surface area contributed by atoms with Gasteiger partial charge in [-0.25, -0.2) is 9.67 Å². The molecule has 0 radical (unpaired) electrons. The van der Waals surface area contributed by atoms with E-state index < -0.39 is 0 Å². The van der Waals surface area contributed by atoms with Gasteiger partial charge < -0.3 is 4.74 Å². The van der Waals surface area contributed by atoms with Crippen LogP contribution in [0.15, 0.2) is 176 Å². The lowest BCUT2D eigenvalue weighted by Crippen LogP contribution is -2.00. The molecule has 0 N–H and O–H groups in total. The number of aryl methyl sites for hydroxylation is 1. The summed E-state index contributed by atoms with van der Waals surface area (Å²) in [6.45, 7) is 2.28. The number of imidazole rings is 1. The molecule has 0 bridgehead atoms. The number of hydrogen-bond acceptors (Lipinski definition) is 5. The van der Waals surface area contributed by atoms with Gasteiger partial charge in [-0.1, -0.05) is 120 Å². The zero-order chi connectivity index (χ0) is 36.0. The molecule has 256 valence electrons. The Morgan fingerprint density at radius 3 is 1.98 bits per heavy atom. The third-order valence-electron chi connectivity index (χ3n) is 8.95. The van der Waals surface area contributed by atoms with Crippen molar-refractivity contribution in [2.45, 2.75) is 13.5 Å². The molecule has 0 fully saturated rings. The van der Waals surface area contributed by atoms with Crippen LogP contribution in [-0.4, -0.2) is 30.3 Å². The number of para-hydroxylation sites is 1. The molecule has 0 unspecified atom stereocenters. The van der Waals surface area contributed by atoms with Crippen molar-refractivity contribution >= 4 is 11.9 Å². The van der Waals surface area contributed by atoms with Crippen LogP contribution in [0.4, 0.5) is 0 Å². The second kappa shape index (κ2) is 15.0. The maximum atomic E-state index is 12.7. The van der Waals surface area contributed by atoms with E-state index in [4.69, 9.17) is 9.72 Å². The van der Waals surface area contributed by atoms with Crippen molar-refractivity contribution < 1.29 is 9.53 Å². The van der Waals surface area contributed by atoms with Crippen LogP contribution in [0.25, 0.3) is 51.4 Å². The van der Waals surface area contributed by atoms with E-state index in [1.54, 1.807) is 22.9 Å². The molecule has 0 aliphatic carbocycles. The molecule has 0 atom stereocenters. The summed E-state index contributed by atoms with van der Waals surface area (Å²) in [5.41, 5.74) is 10.3. The van der Waals surface area contributed by atoms with Crippen molar-refractivity contribution in [2.75, 3.05) is 0 Å². The zero-order valence-corrected chi connectivity index (χ0v) is 29.1. The Morgan fingerprint density at radius 1 is 0.660 bits per heavy atom. The number of aromatic nitrogens is 5. The van der Waals surface area contributed by atoms with Gasteiger partial charge in [0.1, 0.15) is 23.9 Å². The van der Waals surface area contributed by atoms with Gasteiger partial charge in [0.15, 0.2) is 5.78 Å². The number of hydrogen-bond donors (Lipinski definition) is 0.